The molecule has 6 heteroatoms. The number of nitrogens with zero attached hydrogens (tertiary/aromatic N) is 2. The molecule has 0 saturated carbocycles. The minimum Gasteiger partial charge on any atom is -0.402 e. The third-order valence-electron chi connectivity index (χ3n) is 4.64. The summed E-state index contributed by atoms with van der Waals surface area (Å²) in [6.45, 7) is 8.68. The van der Waals surface area contributed by atoms with Crippen LogP contribution in [-0.4, -0.2) is 27.4 Å². The first-order chi connectivity index (χ1) is 13.3. The number of carbonyl (C=O) groups is 1. The van der Waals surface area contributed by atoms with Gasteiger partial charge in [0.15, 0.2) is 0 Å². The van der Waals surface area contributed by atoms with E-state index in [2.05, 4.69) is 40.2 Å². The minimum absolute atomic E-state index is 0.161. The number of hydrogen-bond acceptors (Lipinski definition) is 4. The van der Waals surface area contributed by atoms with Crippen molar-refractivity contribution in [1.29, 1.82) is 0 Å². The van der Waals surface area contributed by atoms with Gasteiger partial charge < -0.3 is 16.0 Å². The van der Waals surface area contributed by atoms with Gasteiger partial charge in [-0.3, -0.25) is 9.78 Å². The monoisotopic (exact) mass is 377 g/mol. The number of aromatic amines is 1. The average molecular weight is 377 g/mol. The van der Waals surface area contributed by atoms with E-state index in [-0.39, 0.29) is 5.91 Å². The van der Waals surface area contributed by atoms with Gasteiger partial charge in [0.2, 0.25) is 0 Å². The first kappa shape index (κ1) is 19.6. The van der Waals surface area contributed by atoms with Crippen LogP contribution in [0.25, 0.3) is 22.3 Å². The zero-order valence-electron chi connectivity index (χ0n) is 16.8. The molecule has 0 unspecified atom stereocenters. The van der Waals surface area contributed by atoms with E-state index >= 15 is 0 Å². The van der Waals surface area contributed by atoms with Gasteiger partial charge in [0.05, 0.1) is 0 Å². The Morgan fingerprint density at radius 3 is 2.71 bits per heavy atom. The lowest BCUT2D eigenvalue weighted by Gasteiger charge is -2.07. The maximum atomic E-state index is 12.3. The van der Waals surface area contributed by atoms with Crippen LogP contribution in [0, 0.1) is 5.92 Å². The summed E-state index contributed by atoms with van der Waals surface area (Å²) < 4.78 is 0. The maximum absolute atomic E-state index is 12.3. The van der Waals surface area contributed by atoms with Crippen LogP contribution in [-0.2, 0) is 6.42 Å². The zero-order chi connectivity index (χ0) is 20.3. The number of rotatable bonds is 6. The standard InChI is InChI=1S/C22H27N5O/c1-13(2)11-26-22(28)20-9-17(5-6-24-20)19-10-18-8-16(7-14(3)15(4)23)12-25-21(18)27-19/h5-6,8-10,12-13H,7,11,23H2,1-4H3,(H,25,27)(H,26,28)/b15-14-. The van der Waals surface area contributed by atoms with E-state index < -0.39 is 0 Å². The summed E-state index contributed by atoms with van der Waals surface area (Å²) in [5.41, 5.74) is 12.0. The van der Waals surface area contributed by atoms with Gasteiger partial charge in [-0.1, -0.05) is 19.4 Å². The summed E-state index contributed by atoms with van der Waals surface area (Å²) in [7, 11) is 0. The van der Waals surface area contributed by atoms with Gasteiger partial charge in [-0.05, 0) is 56.0 Å². The van der Waals surface area contributed by atoms with Gasteiger partial charge in [-0.25, -0.2) is 4.98 Å². The molecule has 0 aliphatic heterocycles. The Labute approximate surface area is 165 Å². The van der Waals surface area contributed by atoms with E-state index in [4.69, 9.17) is 5.73 Å². The van der Waals surface area contributed by atoms with Gasteiger partial charge in [0.25, 0.3) is 5.91 Å². The molecule has 3 aromatic rings. The molecule has 0 aliphatic rings. The Kier molecular flexibility index (Phi) is 5.78. The van der Waals surface area contributed by atoms with Crippen LogP contribution in [0.3, 0.4) is 0 Å². The number of H-pyrrole nitrogens is 1. The van der Waals surface area contributed by atoms with Crippen molar-refractivity contribution in [3.8, 4) is 11.3 Å². The number of carbonyl (C=O) groups excluding carboxylic acids is 1. The molecule has 0 radical (unpaired) electrons. The quantitative estimate of drug-likeness (QED) is 0.608. The lowest BCUT2D eigenvalue weighted by atomic mass is 10.1. The smallest absolute Gasteiger partial charge is 0.269 e. The lowest BCUT2D eigenvalue weighted by molar-refractivity contribution is 0.0944. The molecular weight excluding hydrogens is 350 g/mol. The lowest BCUT2D eigenvalue weighted by Crippen LogP contribution is -2.28. The molecule has 0 atom stereocenters. The molecule has 0 spiro atoms. The molecule has 1 amide bonds. The van der Waals surface area contributed by atoms with Crippen LogP contribution in [0.1, 0.15) is 43.7 Å². The van der Waals surface area contributed by atoms with Crippen molar-refractivity contribution in [2.75, 3.05) is 6.54 Å². The topological polar surface area (TPSA) is 96.7 Å². The Morgan fingerprint density at radius 2 is 2.00 bits per heavy atom. The number of nitrogens with one attached hydrogen (secondary N) is 2. The molecular formula is C22H27N5O. The Bertz CT molecular complexity index is 1030. The van der Waals surface area contributed by atoms with Gasteiger partial charge >= 0.3 is 0 Å². The number of nitrogens with two attached hydrogens (primary N) is 1. The van der Waals surface area contributed by atoms with Crippen molar-refractivity contribution < 1.29 is 4.79 Å². The molecule has 3 aromatic heterocycles. The van der Waals surface area contributed by atoms with Crippen LogP contribution in [0.4, 0.5) is 0 Å². The number of pyridine rings is 2. The molecule has 0 bridgehead atoms. The molecule has 28 heavy (non-hydrogen) atoms. The third kappa shape index (κ3) is 4.57. The van der Waals surface area contributed by atoms with Gasteiger partial charge in [-0.15, -0.1) is 0 Å². The van der Waals surface area contributed by atoms with Crippen LogP contribution in [0.2, 0.25) is 0 Å². The average Bonchev–Trinajstić information content (AvgIpc) is 3.09. The number of allylic oxidation sites excluding steroid dienone is 2. The van der Waals surface area contributed by atoms with E-state index in [0.29, 0.717) is 18.2 Å². The molecule has 0 saturated heterocycles. The van der Waals surface area contributed by atoms with Crippen LogP contribution in [0.5, 0.6) is 0 Å². The summed E-state index contributed by atoms with van der Waals surface area (Å²) in [5.74, 6) is 0.231. The summed E-state index contributed by atoms with van der Waals surface area (Å²) in [4.78, 5) is 24.4. The van der Waals surface area contributed by atoms with Crippen LogP contribution in [0.15, 0.2) is 47.9 Å². The molecule has 0 aliphatic carbocycles. The highest BCUT2D eigenvalue weighted by Gasteiger charge is 2.11. The third-order valence-corrected chi connectivity index (χ3v) is 4.64. The largest absolute Gasteiger partial charge is 0.402 e. The van der Waals surface area contributed by atoms with E-state index in [0.717, 1.165) is 45.5 Å². The number of aromatic nitrogens is 3. The van der Waals surface area contributed by atoms with Crippen molar-refractivity contribution in [1.82, 2.24) is 20.3 Å². The highest BCUT2D eigenvalue weighted by atomic mass is 16.1. The second kappa shape index (κ2) is 8.25. The van der Waals surface area contributed by atoms with Gasteiger partial charge in [0, 0.05) is 41.3 Å². The normalized spacial score (nSPS) is 12.3. The number of fused-ring (bicyclic) bond motifs is 1. The van der Waals surface area contributed by atoms with Crippen LogP contribution >= 0.6 is 0 Å². The van der Waals surface area contributed by atoms with Crippen LogP contribution < -0.4 is 11.1 Å². The SMILES string of the molecule is C/C(N)=C(\C)Cc1cnc2[nH]c(-c3ccnc(C(=O)NCC(C)C)c3)cc2c1. The van der Waals surface area contributed by atoms with Gasteiger partial charge in [-0.2, -0.15) is 0 Å². The Hall–Kier alpha value is -3.15. The van der Waals surface area contributed by atoms with E-state index in [1.165, 1.54) is 0 Å². The summed E-state index contributed by atoms with van der Waals surface area (Å²) in [5, 5.41) is 3.93. The highest BCUT2D eigenvalue weighted by Crippen LogP contribution is 2.24. The molecule has 146 valence electrons. The number of amides is 1. The molecule has 0 aromatic carbocycles. The molecule has 3 heterocycles. The number of hydrogen-bond donors (Lipinski definition) is 3. The van der Waals surface area contributed by atoms with E-state index in [1.807, 2.05) is 32.2 Å². The minimum atomic E-state index is -0.161. The Balaban J connectivity index is 1.86. The predicted octanol–water partition coefficient (Wildman–Crippen LogP) is 3.81. The first-order valence-corrected chi connectivity index (χ1v) is 9.47. The summed E-state index contributed by atoms with van der Waals surface area (Å²) >= 11 is 0. The summed E-state index contributed by atoms with van der Waals surface area (Å²) in [6, 6.07) is 7.85. The molecule has 4 N–H and O–H groups in total. The Morgan fingerprint density at radius 1 is 1.21 bits per heavy atom. The maximum Gasteiger partial charge on any atom is 0.269 e. The predicted molar refractivity (Wildman–Crippen MR) is 113 cm³/mol. The van der Waals surface area contributed by atoms with Gasteiger partial charge in [0.1, 0.15) is 11.3 Å². The van der Waals surface area contributed by atoms with Crippen molar-refractivity contribution in [2.45, 2.75) is 34.1 Å². The second-order valence-corrected chi connectivity index (χ2v) is 7.64. The molecule has 6 nitrogen and oxygen atoms in total. The second-order valence-electron chi connectivity index (χ2n) is 7.64. The fourth-order valence-electron chi connectivity index (χ4n) is 2.87. The highest BCUT2D eigenvalue weighted by molar-refractivity contribution is 5.93. The van der Waals surface area contributed by atoms with Crippen molar-refractivity contribution in [2.24, 2.45) is 11.7 Å². The fraction of sp³-hybridized carbons (Fsp3) is 0.318. The molecule has 0 fully saturated rings. The first-order valence-electron chi connectivity index (χ1n) is 9.47. The zero-order valence-corrected chi connectivity index (χ0v) is 16.8. The molecule has 3 rings (SSSR count). The summed E-state index contributed by atoms with van der Waals surface area (Å²) in [6.07, 6.45) is 4.30. The van der Waals surface area contributed by atoms with Crippen molar-refractivity contribution in [3.05, 3.63) is 59.2 Å². The van der Waals surface area contributed by atoms with Crippen molar-refractivity contribution in [3.63, 3.8) is 0 Å². The van der Waals surface area contributed by atoms with E-state index in [1.54, 1.807) is 12.3 Å². The fourth-order valence-corrected chi connectivity index (χ4v) is 2.87. The van der Waals surface area contributed by atoms with Crippen molar-refractivity contribution >= 4 is 16.9 Å². The van der Waals surface area contributed by atoms with E-state index in [9.17, 15) is 4.79 Å².